The van der Waals surface area contributed by atoms with E-state index in [1.54, 1.807) is 12.1 Å². The van der Waals surface area contributed by atoms with Crippen molar-refractivity contribution in [2.45, 2.75) is 6.42 Å². The highest BCUT2D eigenvalue weighted by Gasteiger charge is 1.93. The van der Waals surface area contributed by atoms with Crippen molar-refractivity contribution in [3.63, 3.8) is 0 Å². The molecule has 0 atom stereocenters. The molecule has 0 aromatic heterocycles. The number of hydrogen-bond donors (Lipinski definition) is 0. The molecule has 1 aromatic carbocycles. The molecule has 0 heterocycles. The van der Waals surface area contributed by atoms with Gasteiger partial charge in [0.25, 0.3) is 0 Å². The lowest BCUT2D eigenvalue weighted by Gasteiger charge is -1.94. The van der Waals surface area contributed by atoms with E-state index in [1.807, 2.05) is 6.07 Å². The van der Waals surface area contributed by atoms with E-state index >= 15 is 0 Å². The number of hydrogen-bond acceptors (Lipinski definition) is 0. The summed E-state index contributed by atoms with van der Waals surface area (Å²) in [6, 6.07) is 6.67. The van der Waals surface area contributed by atoms with Gasteiger partial charge in [0.15, 0.2) is 0 Å². The van der Waals surface area contributed by atoms with Gasteiger partial charge in [-0.1, -0.05) is 18.2 Å². The van der Waals surface area contributed by atoms with Gasteiger partial charge in [-0.2, -0.15) is 0 Å². The van der Waals surface area contributed by atoms with Crippen LogP contribution < -0.4 is 0 Å². The molecule has 0 saturated heterocycles. The van der Waals surface area contributed by atoms with Gasteiger partial charge in [0.1, 0.15) is 5.82 Å². The number of halogens is 1. The van der Waals surface area contributed by atoms with Crippen molar-refractivity contribution in [3.05, 3.63) is 42.6 Å². The SMILES string of the molecule is [CH2]Cc1ccccc1F. The molecule has 0 unspecified atom stereocenters. The van der Waals surface area contributed by atoms with Crippen LogP contribution >= 0.6 is 0 Å². The minimum absolute atomic E-state index is 0.160. The Morgan fingerprint density at radius 1 is 1.33 bits per heavy atom. The lowest BCUT2D eigenvalue weighted by Crippen LogP contribution is -1.84. The molecule has 1 rings (SSSR count). The Morgan fingerprint density at radius 3 is 2.44 bits per heavy atom. The highest BCUT2D eigenvalue weighted by molar-refractivity contribution is 5.17. The van der Waals surface area contributed by atoms with Gasteiger partial charge in [-0.15, -0.1) is 0 Å². The molecule has 0 N–H and O–H groups in total. The molecule has 0 aliphatic carbocycles. The average Bonchev–Trinajstić information content (AvgIpc) is 1.89. The summed E-state index contributed by atoms with van der Waals surface area (Å²) < 4.78 is 12.5. The smallest absolute Gasteiger partial charge is 0.126 e. The Balaban J connectivity index is 3.01. The zero-order valence-corrected chi connectivity index (χ0v) is 5.10. The van der Waals surface area contributed by atoms with Crippen LogP contribution in [0.15, 0.2) is 24.3 Å². The topological polar surface area (TPSA) is 0 Å². The number of rotatable bonds is 1. The van der Waals surface area contributed by atoms with E-state index in [-0.39, 0.29) is 5.82 Å². The molecule has 9 heavy (non-hydrogen) atoms. The zero-order valence-electron chi connectivity index (χ0n) is 5.10. The Hall–Kier alpha value is -0.850. The van der Waals surface area contributed by atoms with Gasteiger partial charge < -0.3 is 0 Å². The third-order valence-corrected chi connectivity index (χ3v) is 1.23. The van der Waals surface area contributed by atoms with Crippen molar-refractivity contribution >= 4 is 0 Å². The van der Waals surface area contributed by atoms with Crippen molar-refractivity contribution < 1.29 is 4.39 Å². The molecule has 0 aliphatic heterocycles. The Bertz CT molecular complexity index is 194. The van der Waals surface area contributed by atoms with E-state index in [0.717, 1.165) is 0 Å². The fraction of sp³-hybridized carbons (Fsp3) is 0.125. The van der Waals surface area contributed by atoms with Crippen LogP contribution in [0.4, 0.5) is 4.39 Å². The first-order valence-electron chi connectivity index (χ1n) is 2.87. The van der Waals surface area contributed by atoms with Crippen LogP contribution in [0.3, 0.4) is 0 Å². The maximum atomic E-state index is 12.5. The lowest BCUT2D eigenvalue weighted by molar-refractivity contribution is 0.614. The molecule has 0 nitrogen and oxygen atoms in total. The summed E-state index contributed by atoms with van der Waals surface area (Å²) >= 11 is 0. The molecular weight excluding hydrogens is 115 g/mol. The summed E-state index contributed by atoms with van der Waals surface area (Å²) in [5, 5.41) is 0. The zero-order chi connectivity index (χ0) is 6.69. The number of benzene rings is 1. The van der Waals surface area contributed by atoms with E-state index < -0.39 is 0 Å². The second-order valence-electron chi connectivity index (χ2n) is 1.84. The highest BCUT2D eigenvalue weighted by atomic mass is 19.1. The summed E-state index contributed by atoms with van der Waals surface area (Å²) in [7, 11) is 0. The molecule has 0 bridgehead atoms. The summed E-state index contributed by atoms with van der Waals surface area (Å²) in [4.78, 5) is 0. The van der Waals surface area contributed by atoms with Gasteiger partial charge in [-0.25, -0.2) is 4.39 Å². The molecule has 0 saturated carbocycles. The summed E-state index contributed by atoms with van der Waals surface area (Å²) in [6.07, 6.45) is 0.521. The van der Waals surface area contributed by atoms with Gasteiger partial charge in [-0.05, 0) is 25.0 Å². The van der Waals surface area contributed by atoms with Crippen LogP contribution in [-0.2, 0) is 6.42 Å². The molecule has 0 spiro atoms. The van der Waals surface area contributed by atoms with Crippen LogP contribution in [-0.4, -0.2) is 0 Å². The van der Waals surface area contributed by atoms with Crippen LogP contribution in [0.5, 0.6) is 0 Å². The first-order chi connectivity index (χ1) is 4.34. The van der Waals surface area contributed by atoms with E-state index in [9.17, 15) is 4.39 Å². The monoisotopic (exact) mass is 123 g/mol. The van der Waals surface area contributed by atoms with Crippen molar-refractivity contribution in [3.8, 4) is 0 Å². The largest absolute Gasteiger partial charge is 0.207 e. The summed E-state index contributed by atoms with van der Waals surface area (Å²) in [6.45, 7) is 3.58. The maximum absolute atomic E-state index is 12.5. The molecule has 0 fully saturated rings. The van der Waals surface area contributed by atoms with Gasteiger partial charge in [0.2, 0.25) is 0 Å². The summed E-state index contributed by atoms with van der Waals surface area (Å²) in [5.41, 5.74) is 0.678. The van der Waals surface area contributed by atoms with Crippen LogP contribution in [0.25, 0.3) is 0 Å². The Morgan fingerprint density at radius 2 is 2.00 bits per heavy atom. The van der Waals surface area contributed by atoms with Crippen LogP contribution in [0.1, 0.15) is 5.56 Å². The van der Waals surface area contributed by atoms with Gasteiger partial charge in [0.05, 0.1) is 0 Å². The predicted octanol–water partition coefficient (Wildman–Crippen LogP) is 2.20. The highest BCUT2D eigenvalue weighted by Crippen LogP contribution is 2.05. The molecule has 1 heteroatoms. The third-order valence-electron chi connectivity index (χ3n) is 1.23. The first-order valence-corrected chi connectivity index (χ1v) is 2.87. The van der Waals surface area contributed by atoms with Crippen molar-refractivity contribution in [2.24, 2.45) is 0 Å². The first kappa shape index (κ1) is 6.27. The quantitative estimate of drug-likeness (QED) is 0.537. The van der Waals surface area contributed by atoms with Crippen molar-refractivity contribution in [1.29, 1.82) is 0 Å². The van der Waals surface area contributed by atoms with Gasteiger partial charge in [-0.3, -0.25) is 0 Å². The average molecular weight is 123 g/mol. The molecule has 0 aliphatic rings. The molecular formula is C8H8F. The van der Waals surface area contributed by atoms with E-state index in [0.29, 0.717) is 12.0 Å². The predicted molar refractivity (Wildman–Crippen MR) is 35.5 cm³/mol. The van der Waals surface area contributed by atoms with E-state index in [1.165, 1.54) is 6.07 Å². The summed E-state index contributed by atoms with van der Waals surface area (Å²) in [5.74, 6) is -0.160. The van der Waals surface area contributed by atoms with Gasteiger partial charge >= 0.3 is 0 Å². The Kier molecular flexibility index (Phi) is 1.83. The fourth-order valence-electron chi connectivity index (χ4n) is 0.701. The van der Waals surface area contributed by atoms with Crippen molar-refractivity contribution in [2.75, 3.05) is 0 Å². The standard InChI is InChI=1S/C8H8F/c1-2-7-5-3-4-6-8(7)9/h3-6H,1-2H2. The third kappa shape index (κ3) is 1.28. The van der Waals surface area contributed by atoms with E-state index in [2.05, 4.69) is 6.92 Å². The van der Waals surface area contributed by atoms with E-state index in [4.69, 9.17) is 0 Å². The van der Waals surface area contributed by atoms with Crippen molar-refractivity contribution in [1.82, 2.24) is 0 Å². The molecule has 47 valence electrons. The lowest BCUT2D eigenvalue weighted by atomic mass is 10.2. The second-order valence-corrected chi connectivity index (χ2v) is 1.84. The molecule has 0 amide bonds. The second kappa shape index (κ2) is 2.62. The molecule has 1 aromatic rings. The molecule has 1 radical (unpaired) electrons. The minimum atomic E-state index is -0.160. The fourth-order valence-corrected chi connectivity index (χ4v) is 0.701. The normalized spacial score (nSPS) is 9.56. The minimum Gasteiger partial charge on any atom is -0.207 e. The van der Waals surface area contributed by atoms with Gasteiger partial charge in [0, 0.05) is 0 Å². The van der Waals surface area contributed by atoms with Crippen LogP contribution in [0, 0.1) is 12.7 Å². The van der Waals surface area contributed by atoms with Crippen LogP contribution in [0.2, 0.25) is 0 Å². The Labute approximate surface area is 54.3 Å². The maximum Gasteiger partial charge on any atom is 0.126 e.